The van der Waals surface area contributed by atoms with Crippen molar-refractivity contribution in [3.8, 4) is 0 Å². The highest BCUT2D eigenvalue weighted by Crippen LogP contribution is 2.25. The van der Waals surface area contributed by atoms with Crippen molar-refractivity contribution in [2.75, 3.05) is 12.3 Å². The lowest BCUT2D eigenvalue weighted by Gasteiger charge is -2.29. The molecule has 2 rings (SSSR count). The van der Waals surface area contributed by atoms with Crippen LogP contribution in [0.15, 0.2) is 42.5 Å². The largest absolute Gasteiger partial charge is 0.354 e. The Morgan fingerprint density at radius 1 is 1.06 bits per heavy atom. The van der Waals surface area contributed by atoms with E-state index >= 15 is 0 Å². The van der Waals surface area contributed by atoms with Crippen molar-refractivity contribution in [1.82, 2.24) is 10.2 Å². The van der Waals surface area contributed by atoms with Gasteiger partial charge in [-0.2, -0.15) is 0 Å². The standard InChI is InChI=1S/C23H27Cl3N2O2S/c1-3-4-10-27-23(30)16(2)28(13-17-6-5-7-19(24)11-17)22(29)15-31-14-18-8-9-20(25)21(26)12-18/h5-9,11-12,16H,3-4,10,13-15H2,1-2H3,(H,27,30). The van der Waals surface area contributed by atoms with Crippen molar-refractivity contribution in [3.05, 3.63) is 68.7 Å². The number of nitrogens with one attached hydrogen (secondary N) is 1. The van der Waals surface area contributed by atoms with Gasteiger partial charge >= 0.3 is 0 Å². The molecule has 0 spiro atoms. The number of nitrogens with zero attached hydrogens (tertiary/aromatic N) is 1. The van der Waals surface area contributed by atoms with Gasteiger partial charge in [0.05, 0.1) is 15.8 Å². The molecule has 1 atom stereocenters. The van der Waals surface area contributed by atoms with E-state index in [0.29, 0.717) is 33.9 Å². The Labute approximate surface area is 203 Å². The maximum absolute atomic E-state index is 13.1. The summed E-state index contributed by atoms with van der Waals surface area (Å²) < 4.78 is 0. The van der Waals surface area contributed by atoms with E-state index in [-0.39, 0.29) is 17.6 Å². The van der Waals surface area contributed by atoms with Crippen LogP contribution in [0.1, 0.15) is 37.8 Å². The Bertz CT molecular complexity index is 895. The predicted octanol–water partition coefficient (Wildman–Crippen LogP) is 6.21. The highest BCUT2D eigenvalue weighted by Gasteiger charge is 2.26. The second kappa shape index (κ2) is 13.2. The number of rotatable bonds is 11. The number of carbonyl (C=O) groups excluding carboxylic acids is 2. The number of carbonyl (C=O) groups is 2. The van der Waals surface area contributed by atoms with Gasteiger partial charge in [0.1, 0.15) is 6.04 Å². The van der Waals surface area contributed by atoms with E-state index in [1.165, 1.54) is 11.8 Å². The third-order valence-electron chi connectivity index (χ3n) is 4.72. The summed E-state index contributed by atoms with van der Waals surface area (Å²) in [6.45, 7) is 4.74. The van der Waals surface area contributed by atoms with Crippen LogP contribution in [0.2, 0.25) is 15.1 Å². The number of hydrogen-bond donors (Lipinski definition) is 1. The zero-order valence-corrected chi connectivity index (χ0v) is 20.8. The molecular weight excluding hydrogens is 475 g/mol. The fourth-order valence-electron chi connectivity index (χ4n) is 2.92. The molecule has 1 unspecified atom stereocenters. The van der Waals surface area contributed by atoms with E-state index in [0.717, 1.165) is 24.0 Å². The lowest BCUT2D eigenvalue weighted by molar-refractivity contribution is -0.138. The third kappa shape index (κ3) is 8.57. The maximum atomic E-state index is 13.1. The molecular formula is C23H27Cl3N2O2S. The zero-order valence-electron chi connectivity index (χ0n) is 17.7. The number of benzene rings is 2. The molecule has 4 nitrogen and oxygen atoms in total. The molecule has 168 valence electrons. The van der Waals surface area contributed by atoms with Crippen molar-refractivity contribution in [2.24, 2.45) is 0 Å². The van der Waals surface area contributed by atoms with Gasteiger partial charge in [-0.05, 0) is 48.7 Å². The molecule has 0 heterocycles. The van der Waals surface area contributed by atoms with Crippen LogP contribution in [0.25, 0.3) is 0 Å². The summed E-state index contributed by atoms with van der Waals surface area (Å²) in [5, 5.41) is 4.51. The molecule has 8 heteroatoms. The molecule has 2 aromatic rings. The van der Waals surface area contributed by atoms with Gasteiger partial charge in [-0.1, -0.05) is 66.3 Å². The molecule has 0 radical (unpaired) electrons. The number of hydrogen-bond acceptors (Lipinski definition) is 3. The van der Waals surface area contributed by atoms with Crippen molar-refractivity contribution in [1.29, 1.82) is 0 Å². The van der Waals surface area contributed by atoms with Crippen molar-refractivity contribution < 1.29 is 9.59 Å². The van der Waals surface area contributed by atoms with Gasteiger partial charge in [0.15, 0.2) is 0 Å². The summed E-state index contributed by atoms with van der Waals surface area (Å²) in [5.41, 5.74) is 1.86. The van der Waals surface area contributed by atoms with Crippen molar-refractivity contribution in [3.63, 3.8) is 0 Å². The average molecular weight is 502 g/mol. The minimum atomic E-state index is -0.589. The molecule has 0 aromatic heterocycles. The van der Waals surface area contributed by atoms with Gasteiger partial charge < -0.3 is 10.2 Å². The van der Waals surface area contributed by atoms with Gasteiger partial charge in [0.2, 0.25) is 11.8 Å². The molecule has 0 saturated carbocycles. The Morgan fingerprint density at radius 3 is 2.52 bits per heavy atom. The zero-order chi connectivity index (χ0) is 22.8. The third-order valence-corrected chi connectivity index (χ3v) is 6.68. The van der Waals surface area contributed by atoms with Crippen LogP contribution in [0.3, 0.4) is 0 Å². The normalized spacial score (nSPS) is 11.8. The number of unbranched alkanes of at least 4 members (excludes halogenated alkanes) is 1. The summed E-state index contributed by atoms with van der Waals surface area (Å²) in [5.74, 6) is 0.597. The Morgan fingerprint density at radius 2 is 1.84 bits per heavy atom. The summed E-state index contributed by atoms with van der Waals surface area (Å²) >= 11 is 19.6. The lowest BCUT2D eigenvalue weighted by atomic mass is 10.1. The van der Waals surface area contributed by atoms with E-state index < -0.39 is 6.04 Å². The van der Waals surface area contributed by atoms with E-state index in [1.54, 1.807) is 30.0 Å². The van der Waals surface area contributed by atoms with E-state index in [1.807, 2.05) is 24.3 Å². The highest BCUT2D eigenvalue weighted by molar-refractivity contribution is 7.99. The van der Waals surface area contributed by atoms with Crippen molar-refractivity contribution >= 4 is 58.4 Å². The summed E-state index contributed by atoms with van der Waals surface area (Å²) in [4.78, 5) is 27.3. The van der Waals surface area contributed by atoms with Crippen LogP contribution in [-0.2, 0) is 21.9 Å². The molecule has 2 aromatic carbocycles. The summed E-state index contributed by atoms with van der Waals surface area (Å²) in [6, 6.07) is 12.2. The molecule has 0 aliphatic rings. The van der Waals surface area contributed by atoms with Gasteiger partial charge in [0, 0.05) is 23.9 Å². The fourth-order valence-corrected chi connectivity index (χ4v) is 4.31. The minimum Gasteiger partial charge on any atom is -0.354 e. The predicted molar refractivity (Wildman–Crippen MR) is 132 cm³/mol. The van der Waals surface area contributed by atoms with Gasteiger partial charge in [0.25, 0.3) is 0 Å². The quantitative estimate of drug-likeness (QED) is 0.372. The first-order chi connectivity index (χ1) is 14.8. The van der Waals surface area contributed by atoms with E-state index in [9.17, 15) is 9.59 Å². The highest BCUT2D eigenvalue weighted by atomic mass is 35.5. The molecule has 0 bridgehead atoms. The second-order valence-corrected chi connectivity index (χ2v) is 9.45. The summed E-state index contributed by atoms with van der Waals surface area (Å²) in [6.07, 6.45) is 1.89. The number of halogens is 3. The molecule has 0 aliphatic heterocycles. The maximum Gasteiger partial charge on any atom is 0.242 e. The Kier molecular flexibility index (Phi) is 11.0. The van der Waals surface area contributed by atoms with Crippen LogP contribution in [0.5, 0.6) is 0 Å². The first-order valence-electron chi connectivity index (χ1n) is 10.1. The number of thioether (sulfide) groups is 1. The average Bonchev–Trinajstić information content (AvgIpc) is 2.74. The van der Waals surface area contributed by atoms with E-state index in [4.69, 9.17) is 34.8 Å². The molecule has 0 aliphatic carbocycles. The van der Waals surface area contributed by atoms with Gasteiger partial charge in [-0.25, -0.2) is 0 Å². The molecule has 0 saturated heterocycles. The van der Waals surface area contributed by atoms with Crippen LogP contribution in [0, 0.1) is 0 Å². The summed E-state index contributed by atoms with van der Waals surface area (Å²) in [7, 11) is 0. The first kappa shape index (κ1) is 25.9. The number of amides is 2. The van der Waals surface area contributed by atoms with Crippen LogP contribution >= 0.6 is 46.6 Å². The van der Waals surface area contributed by atoms with Gasteiger partial charge in [-0.3, -0.25) is 9.59 Å². The lowest BCUT2D eigenvalue weighted by Crippen LogP contribution is -2.48. The molecule has 1 N–H and O–H groups in total. The second-order valence-electron chi connectivity index (χ2n) is 7.21. The van der Waals surface area contributed by atoms with Crippen molar-refractivity contribution in [2.45, 2.75) is 45.0 Å². The molecule has 2 amide bonds. The topological polar surface area (TPSA) is 49.4 Å². The van der Waals surface area contributed by atoms with Crippen LogP contribution in [-0.4, -0.2) is 35.1 Å². The van der Waals surface area contributed by atoms with E-state index in [2.05, 4.69) is 12.2 Å². The smallest absolute Gasteiger partial charge is 0.242 e. The van der Waals surface area contributed by atoms with Crippen LogP contribution in [0.4, 0.5) is 0 Å². The van der Waals surface area contributed by atoms with Crippen LogP contribution < -0.4 is 5.32 Å². The molecule has 31 heavy (non-hydrogen) atoms. The molecule has 0 fully saturated rings. The monoisotopic (exact) mass is 500 g/mol. The Balaban J connectivity index is 2.05. The SMILES string of the molecule is CCCCNC(=O)C(C)N(Cc1cccc(Cl)c1)C(=O)CSCc1ccc(Cl)c(Cl)c1. The Hall–Kier alpha value is -1.40. The van der Waals surface area contributed by atoms with Gasteiger partial charge in [-0.15, -0.1) is 11.8 Å². The minimum absolute atomic E-state index is 0.108. The fraction of sp³-hybridized carbons (Fsp3) is 0.391. The first-order valence-corrected chi connectivity index (χ1v) is 12.4.